The van der Waals surface area contributed by atoms with Gasteiger partial charge in [0.2, 0.25) is 5.91 Å². The van der Waals surface area contributed by atoms with E-state index in [1.54, 1.807) is 0 Å². The maximum absolute atomic E-state index is 11.9. The minimum absolute atomic E-state index is 0.0315. The Balaban J connectivity index is 2.17. The Bertz CT molecular complexity index is 273. The van der Waals surface area contributed by atoms with Crippen LogP contribution < -0.4 is 10.6 Å². The quantitative estimate of drug-likeness (QED) is 0.749. The van der Waals surface area contributed by atoms with Crippen molar-refractivity contribution in [3.8, 4) is 0 Å². The number of carbonyl (C=O) groups is 1. The van der Waals surface area contributed by atoms with Crippen LogP contribution in [0.2, 0.25) is 0 Å². The van der Waals surface area contributed by atoms with Crippen LogP contribution in [0.3, 0.4) is 0 Å². The van der Waals surface area contributed by atoms with E-state index >= 15 is 0 Å². The first-order valence-corrected chi connectivity index (χ1v) is 6.39. The lowest BCUT2D eigenvalue weighted by Gasteiger charge is -2.32. The number of nitrogens with one attached hydrogen (secondary N) is 2. The highest BCUT2D eigenvalue weighted by molar-refractivity contribution is 5.82. The van der Waals surface area contributed by atoms with Crippen LogP contribution in [0.25, 0.3) is 0 Å². The van der Waals surface area contributed by atoms with Gasteiger partial charge in [0.05, 0.1) is 0 Å². The number of rotatable bonds is 5. The molecule has 3 nitrogen and oxygen atoms in total. The third kappa shape index (κ3) is 5.25. The second kappa shape index (κ2) is 6.41. The first-order chi connectivity index (χ1) is 8.33. The zero-order valence-corrected chi connectivity index (χ0v) is 10.7. The Morgan fingerprint density at radius 2 is 1.89 bits per heavy atom. The fourth-order valence-electron chi connectivity index (χ4n) is 2.07. The minimum Gasteiger partial charge on any atom is -0.356 e. The van der Waals surface area contributed by atoms with Gasteiger partial charge in [-0.05, 0) is 38.8 Å². The summed E-state index contributed by atoms with van der Waals surface area (Å²) in [5, 5.41) is 5.93. The zero-order chi connectivity index (χ0) is 13.6. The summed E-state index contributed by atoms with van der Waals surface area (Å²) in [5.74, 6) is -0.0315. The molecule has 0 aromatic carbocycles. The molecule has 1 aliphatic heterocycles. The monoisotopic (exact) mass is 266 g/mol. The lowest BCUT2D eigenvalue weighted by atomic mass is 9.80. The van der Waals surface area contributed by atoms with Crippen LogP contribution in [0.5, 0.6) is 0 Å². The fourth-order valence-corrected chi connectivity index (χ4v) is 2.07. The van der Waals surface area contributed by atoms with E-state index in [-0.39, 0.29) is 17.7 Å². The maximum atomic E-state index is 11.9. The van der Waals surface area contributed by atoms with Crippen LogP contribution >= 0.6 is 0 Å². The fraction of sp³-hybridized carbons (Fsp3) is 0.917. The average Bonchev–Trinajstić information content (AvgIpc) is 2.27. The third-order valence-corrected chi connectivity index (χ3v) is 3.43. The molecule has 1 saturated heterocycles. The van der Waals surface area contributed by atoms with Gasteiger partial charge in [-0.2, -0.15) is 13.2 Å². The van der Waals surface area contributed by atoms with Gasteiger partial charge in [-0.25, -0.2) is 0 Å². The molecular weight excluding hydrogens is 245 g/mol. The number of alkyl halides is 3. The summed E-state index contributed by atoms with van der Waals surface area (Å²) in [6, 6.07) is 0. The van der Waals surface area contributed by atoms with Gasteiger partial charge in [-0.1, -0.05) is 6.92 Å². The molecule has 1 heterocycles. The van der Waals surface area contributed by atoms with Crippen molar-refractivity contribution in [2.45, 2.75) is 45.2 Å². The molecule has 2 N–H and O–H groups in total. The number of hydrogen-bond donors (Lipinski definition) is 2. The average molecular weight is 266 g/mol. The summed E-state index contributed by atoms with van der Waals surface area (Å²) in [6.45, 7) is 3.88. The van der Waals surface area contributed by atoms with Gasteiger partial charge in [-0.15, -0.1) is 0 Å². The number of carbonyl (C=O) groups excluding carboxylic acids is 1. The third-order valence-electron chi connectivity index (χ3n) is 3.43. The number of halogens is 3. The molecule has 0 unspecified atom stereocenters. The summed E-state index contributed by atoms with van der Waals surface area (Å²) >= 11 is 0. The molecular formula is C12H21F3N2O. The Morgan fingerprint density at radius 1 is 1.28 bits per heavy atom. The highest BCUT2D eigenvalue weighted by Crippen LogP contribution is 2.28. The van der Waals surface area contributed by atoms with Crippen LogP contribution in [-0.4, -0.2) is 31.7 Å². The van der Waals surface area contributed by atoms with Gasteiger partial charge in [0.15, 0.2) is 0 Å². The van der Waals surface area contributed by atoms with Gasteiger partial charge in [0, 0.05) is 18.4 Å². The lowest BCUT2D eigenvalue weighted by molar-refractivity contribution is -0.135. The van der Waals surface area contributed by atoms with Crippen LogP contribution in [0.1, 0.15) is 39.0 Å². The van der Waals surface area contributed by atoms with Gasteiger partial charge >= 0.3 is 6.18 Å². The van der Waals surface area contributed by atoms with Crippen molar-refractivity contribution in [1.29, 1.82) is 0 Å². The van der Waals surface area contributed by atoms with Gasteiger partial charge in [-0.3, -0.25) is 4.79 Å². The predicted molar refractivity (Wildman–Crippen MR) is 63.1 cm³/mol. The van der Waals surface area contributed by atoms with E-state index in [1.807, 2.05) is 6.92 Å². The molecule has 106 valence electrons. The van der Waals surface area contributed by atoms with Crippen LogP contribution in [0, 0.1) is 5.41 Å². The van der Waals surface area contributed by atoms with E-state index in [1.165, 1.54) is 0 Å². The molecule has 6 heteroatoms. The molecule has 0 aliphatic carbocycles. The molecule has 0 spiro atoms. The molecule has 1 rings (SSSR count). The number of amides is 1. The Hall–Kier alpha value is -0.780. The topological polar surface area (TPSA) is 41.1 Å². The molecule has 0 radical (unpaired) electrons. The van der Waals surface area contributed by atoms with Gasteiger partial charge in [0.25, 0.3) is 0 Å². The van der Waals surface area contributed by atoms with Crippen LogP contribution in [0.4, 0.5) is 13.2 Å². The molecule has 0 aromatic heterocycles. The molecule has 0 atom stereocenters. The Morgan fingerprint density at radius 3 is 2.44 bits per heavy atom. The number of hydrogen-bond acceptors (Lipinski definition) is 2. The Labute approximate surface area is 106 Å². The molecule has 1 fully saturated rings. The van der Waals surface area contributed by atoms with E-state index in [2.05, 4.69) is 10.6 Å². The highest BCUT2D eigenvalue weighted by Gasteiger charge is 2.34. The molecule has 0 aromatic rings. The Kier molecular flexibility index (Phi) is 5.44. The first kappa shape index (κ1) is 15.3. The zero-order valence-electron chi connectivity index (χ0n) is 10.7. The van der Waals surface area contributed by atoms with Crippen molar-refractivity contribution in [3.63, 3.8) is 0 Å². The molecule has 1 aliphatic rings. The van der Waals surface area contributed by atoms with Crippen molar-refractivity contribution >= 4 is 5.91 Å². The number of piperidine rings is 1. The van der Waals surface area contributed by atoms with E-state index in [4.69, 9.17) is 0 Å². The molecule has 18 heavy (non-hydrogen) atoms. The van der Waals surface area contributed by atoms with Crippen LogP contribution in [-0.2, 0) is 4.79 Å². The molecule has 1 amide bonds. The van der Waals surface area contributed by atoms with E-state index in [9.17, 15) is 18.0 Å². The van der Waals surface area contributed by atoms with Crippen molar-refractivity contribution in [2.75, 3.05) is 19.6 Å². The second-order valence-electron chi connectivity index (χ2n) is 5.14. The van der Waals surface area contributed by atoms with Crippen molar-refractivity contribution in [2.24, 2.45) is 5.41 Å². The normalized spacial score (nSPS) is 19.6. The van der Waals surface area contributed by atoms with E-state index < -0.39 is 12.6 Å². The molecule has 0 bridgehead atoms. The van der Waals surface area contributed by atoms with Crippen molar-refractivity contribution in [1.82, 2.24) is 10.6 Å². The SMILES string of the molecule is CC1(C(=O)NCCCCC(F)(F)F)CCNCC1. The lowest BCUT2D eigenvalue weighted by Crippen LogP contribution is -2.46. The van der Waals surface area contributed by atoms with Crippen molar-refractivity contribution < 1.29 is 18.0 Å². The van der Waals surface area contributed by atoms with Gasteiger partial charge in [0.1, 0.15) is 0 Å². The first-order valence-electron chi connectivity index (χ1n) is 6.39. The summed E-state index contributed by atoms with van der Waals surface area (Å²) in [5.41, 5.74) is -0.366. The van der Waals surface area contributed by atoms with Crippen molar-refractivity contribution in [3.05, 3.63) is 0 Å². The minimum atomic E-state index is -4.09. The predicted octanol–water partition coefficient (Wildman–Crippen LogP) is 2.22. The maximum Gasteiger partial charge on any atom is 0.389 e. The van der Waals surface area contributed by atoms with E-state index in [0.29, 0.717) is 13.0 Å². The smallest absolute Gasteiger partial charge is 0.356 e. The number of unbranched alkanes of at least 4 members (excludes halogenated alkanes) is 1. The summed E-state index contributed by atoms with van der Waals surface area (Å²) in [6.07, 6.45) is -2.86. The standard InChI is InChI=1S/C12H21F3N2O/c1-11(5-8-16-9-6-11)10(18)17-7-3-2-4-12(13,14)15/h16H,2-9H2,1H3,(H,17,18). The van der Waals surface area contributed by atoms with Gasteiger partial charge < -0.3 is 10.6 Å². The second-order valence-corrected chi connectivity index (χ2v) is 5.14. The van der Waals surface area contributed by atoms with Crippen LogP contribution in [0.15, 0.2) is 0 Å². The summed E-state index contributed by atoms with van der Waals surface area (Å²) in [7, 11) is 0. The largest absolute Gasteiger partial charge is 0.389 e. The molecule has 0 saturated carbocycles. The van der Waals surface area contributed by atoms with E-state index in [0.717, 1.165) is 25.9 Å². The highest BCUT2D eigenvalue weighted by atomic mass is 19.4. The summed E-state index contributed by atoms with van der Waals surface area (Å²) < 4.78 is 35.7. The summed E-state index contributed by atoms with van der Waals surface area (Å²) in [4.78, 5) is 11.9.